The maximum absolute atomic E-state index is 9.74. The molecule has 0 aliphatic heterocycles. The molecule has 102 valence electrons. The van der Waals surface area contributed by atoms with Crippen LogP contribution in [0.15, 0.2) is 16.6 Å². The zero-order valence-corrected chi connectivity index (χ0v) is 13.0. The molecular weight excluding hydrogens is 294 g/mol. The van der Waals surface area contributed by atoms with E-state index in [4.69, 9.17) is 4.74 Å². The number of methoxy groups -OCH3 is 1. The fourth-order valence-corrected chi connectivity index (χ4v) is 2.47. The van der Waals surface area contributed by atoms with Gasteiger partial charge in [-0.3, -0.25) is 0 Å². The first-order chi connectivity index (χ1) is 8.49. The molecule has 0 aliphatic rings. The Kier molecular flexibility index (Phi) is 5.96. The molecule has 0 amide bonds. The lowest BCUT2D eigenvalue weighted by molar-refractivity contribution is 0.368. The molecule has 2 N–H and O–H groups in total. The van der Waals surface area contributed by atoms with E-state index in [-0.39, 0.29) is 5.75 Å². The highest BCUT2D eigenvalue weighted by Gasteiger charge is 2.12. The van der Waals surface area contributed by atoms with Crippen molar-refractivity contribution in [3.05, 3.63) is 22.2 Å². The standard InChI is InChI=1S/C14H22BrNO2/c1-5-12(9(2)3)16-8-10-6-11(15)14(17)13(7-10)18-4/h6-7,9,12,16-17H,5,8H2,1-4H3. The van der Waals surface area contributed by atoms with Gasteiger partial charge in [0.05, 0.1) is 11.6 Å². The Hall–Kier alpha value is -0.740. The second-order valence-electron chi connectivity index (χ2n) is 4.77. The second kappa shape index (κ2) is 7.00. The third-order valence-electron chi connectivity index (χ3n) is 3.12. The highest BCUT2D eigenvalue weighted by molar-refractivity contribution is 9.10. The molecule has 0 bridgehead atoms. The molecule has 1 unspecified atom stereocenters. The van der Waals surface area contributed by atoms with Gasteiger partial charge in [0.2, 0.25) is 0 Å². The molecule has 4 heteroatoms. The average Bonchev–Trinajstić information content (AvgIpc) is 2.33. The van der Waals surface area contributed by atoms with Crippen molar-refractivity contribution < 1.29 is 9.84 Å². The highest BCUT2D eigenvalue weighted by atomic mass is 79.9. The number of aromatic hydroxyl groups is 1. The Morgan fingerprint density at radius 2 is 2.06 bits per heavy atom. The topological polar surface area (TPSA) is 41.5 Å². The number of halogens is 1. The van der Waals surface area contributed by atoms with E-state index in [9.17, 15) is 5.11 Å². The smallest absolute Gasteiger partial charge is 0.172 e. The molecule has 0 saturated carbocycles. The average molecular weight is 316 g/mol. The van der Waals surface area contributed by atoms with Crippen molar-refractivity contribution in [2.75, 3.05) is 7.11 Å². The third-order valence-corrected chi connectivity index (χ3v) is 3.73. The number of phenolic OH excluding ortho intramolecular Hbond substituents is 1. The summed E-state index contributed by atoms with van der Waals surface area (Å²) < 4.78 is 5.80. The number of nitrogens with one attached hydrogen (secondary N) is 1. The maximum Gasteiger partial charge on any atom is 0.172 e. The number of rotatable bonds is 6. The van der Waals surface area contributed by atoms with Gasteiger partial charge < -0.3 is 15.2 Å². The quantitative estimate of drug-likeness (QED) is 0.841. The summed E-state index contributed by atoms with van der Waals surface area (Å²) in [5.41, 5.74) is 1.09. The van der Waals surface area contributed by atoms with Gasteiger partial charge in [-0.25, -0.2) is 0 Å². The molecule has 1 aromatic rings. The normalized spacial score (nSPS) is 12.8. The summed E-state index contributed by atoms with van der Waals surface area (Å²) in [6.45, 7) is 7.39. The summed E-state index contributed by atoms with van der Waals surface area (Å²) in [5.74, 6) is 1.26. The Morgan fingerprint density at radius 1 is 1.39 bits per heavy atom. The van der Waals surface area contributed by atoms with Crippen LogP contribution in [0.25, 0.3) is 0 Å². The summed E-state index contributed by atoms with van der Waals surface area (Å²) in [4.78, 5) is 0. The van der Waals surface area contributed by atoms with E-state index in [0.29, 0.717) is 22.2 Å². The fraction of sp³-hybridized carbons (Fsp3) is 0.571. The Bertz CT molecular complexity index is 394. The van der Waals surface area contributed by atoms with Gasteiger partial charge in [0.15, 0.2) is 11.5 Å². The van der Waals surface area contributed by atoms with Crippen LogP contribution < -0.4 is 10.1 Å². The fourth-order valence-electron chi connectivity index (χ4n) is 1.99. The van der Waals surface area contributed by atoms with Crippen LogP contribution in [0.3, 0.4) is 0 Å². The lowest BCUT2D eigenvalue weighted by Crippen LogP contribution is -2.32. The minimum atomic E-state index is 0.150. The molecule has 0 aromatic heterocycles. The second-order valence-corrected chi connectivity index (χ2v) is 5.62. The molecule has 0 fully saturated rings. The molecule has 0 saturated heterocycles. The zero-order chi connectivity index (χ0) is 13.7. The molecule has 0 aliphatic carbocycles. The van der Waals surface area contributed by atoms with Crippen molar-refractivity contribution in [3.8, 4) is 11.5 Å². The van der Waals surface area contributed by atoms with E-state index >= 15 is 0 Å². The van der Waals surface area contributed by atoms with E-state index in [1.54, 1.807) is 7.11 Å². The van der Waals surface area contributed by atoms with E-state index in [1.807, 2.05) is 12.1 Å². The lowest BCUT2D eigenvalue weighted by atomic mass is 10.0. The van der Waals surface area contributed by atoms with Crippen LogP contribution in [0, 0.1) is 5.92 Å². The molecule has 1 rings (SSSR count). The van der Waals surface area contributed by atoms with E-state index in [0.717, 1.165) is 18.5 Å². The lowest BCUT2D eigenvalue weighted by Gasteiger charge is -2.21. The number of hydrogen-bond acceptors (Lipinski definition) is 3. The number of ether oxygens (including phenoxy) is 1. The molecule has 0 spiro atoms. The van der Waals surface area contributed by atoms with Gasteiger partial charge in [0.25, 0.3) is 0 Å². The van der Waals surface area contributed by atoms with Crippen LogP contribution in [-0.4, -0.2) is 18.3 Å². The van der Waals surface area contributed by atoms with Crippen LogP contribution in [0.1, 0.15) is 32.8 Å². The summed E-state index contributed by atoms with van der Waals surface area (Å²) in [6, 6.07) is 4.28. The van der Waals surface area contributed by atoms with Crippen molar-refractivity contribution in [1.82, 2.24) is 5.32 Å². The number of hydrogen-bond donors (Lipinski definition) is 2. The Balaban J connectivity index is 2.76. The van der Waals surface area contributed by atoms with Crippen LogP contribution in [0.2, 0.25) is 0 Å². The Labute approximate surface area is 118 Å². The maximum atomic E-state index is 9.74. The van der Waals surface area contributed by atoms with Crippen molar-refractivity contribution in [1.29, 1.82) is 0 Å². The van der Waals surface area contributed by atoms with Gasteiger partial charge in [-0.15, -0.1) is 0 Å². The first-order valence-corrected chi connectivity index (χ1v) is 7.07. The van der Waals surface area contributed by atoms with Gasteiger partial charge in [0.1, 0.15) is 0 Å². The van der Waals surface area contributed by atoms with Crippen LogP contribution in [0.4, 0.5) is 0 Å². The van der Waals surface area contributed by atoms with E-state index in [1.165, 1.54) is 0 Å². The molecule has 18 heavy (non-hydrogen) atoms. The summed E-state index contributed by atoms with van der Waals surface area (Å²) in [5, 5.41) is 13.3. The Morgan fingerprint density at radius 3 is 2.56 bits per heavy atom. The first kappa shape index (κ1) is 15.3. The van der Waals surface area contributed by atoms with Crippen molar-refractivity contribution in [2.45, 2.75) is 39.8 Å². The minimum Gasteiger partial charge on any atom is -0.503 e. The molecule has 0 radical (unpaired) electrons. The van der Waals surface area contributed by atoms with Crippen molar-refractivity contribution in [3.63, 3.8) is 0 Å². The number of benzene rings is 1. The first-order valence-electron chi connectivity index (χ1n) is 6.28. The predicted octanol–water partition coefficient (Wildman–Crippen LogP) is 3.69. The third kappa shape index (κ3) is 3.89. The van der Waals surface area contributed by atoms with Gasteiger partial charge in [0, 0.05) is 12.6 Å². The molecule has 1 aromatic carbocycles. The summed E-state index contributed by atoms with van der Waals surface area (Å²) in [6.07, 6.45) is 1.11. The van der Waals surface area contributed by atoms with E-state index < -0.39 is 0 Å². The zero-order valence-electron chi connectivity index (χ0n) is 11.5. The molecule has 3 nitrogen and oxygen atoms in total. The van der Waals surface area contributed by atoms with Gasteiger partial charge >= 0.3 is 0 Å². The molecule has 1 atom stereocenters. The minimum absolute atomic E-state index is 0.150. The largest absolute Gasteiger partial charge is 0.503 e. The van der Waals surface area contributed by atoms with Gasteiger partial charge in [-0.05, 0) is 46.0 Å². The summed E-state index contributed by atoms with van der Waals surface area (Å²) in [7, 11) is 1.56. The van der Waals surface area contributed by atoms with Crippen LogP contribution in [-0.2, 0) is 6.54 Å². The van der Waals surface area contributed by atoms with Gasteiger partial charge in [-0.1, -0.05) is 20.8 Å². The predicted molar refractivity (Wildman–Crippen MR) is 78.1 cm³/mol. The monoisotopic (exact) mass is 315 g/mol. The summed E-state index contributed by atoms with van der Waals surface area (Å²) >= 11 is 3.33. The SMILES string of the molecule is CCC(NCc1cc(Br)c(O)c(OC)c1)C(C)C. The van der Waals surface area contributed by atoms with Crippen LogP contribution >= 0.6 is 15.9 Å². The number of phenols is 1. The highest BCUT2D eigenvalue weighted by Crippen LogP contribution is 2.35. The molecular formula is C14H22BrNO2. The van der Waals surface area contributed by atoms with E-state index in [2.05, 4.69) is 42.0 Å². The molecule has 0 heterocycles. The van der Waals surface area contributed by atoms with Crippen LogP contribution in [0.5, 0.6) is 11.5 Å². The van der Waals surface area contributed by atoms with Crippen molar-refractivity contribution >= 4 is 15.9 Å². The van der Waals surface area contributed by atoms with Crippen molar-refractivity contribution in [2.24, 2.45) is 5.92 Å². The van der Waals surface area contributed by atoms with Gasteiger partial charge in [-0.2, -0.15) is 0 Å².